The Morgan fingerprint density at radius 1 is 1.32 bits per heavy atom. The highest BCUT2D eigenvalue weighted by molar-refractivity contribution is 5.95. The van der Waals surface area contributed by atoms with E-state index in [0.717, 1.165) is 17.8 Å². The molecular weight excluding hydrogens is 290 g/mol. The van der Waals surface area contributed by atoms with Gasteiger partial charge in [-0.15, -0.1) is 0 Å². The zero-order valence-electron chi connectivity index (χ0n) is 12.0. The van der Waals surface area contributed by atoms with Gasteiger partial charge in [0.25, 0.3) is 5.91 Å². The minimum Gasteiger partial charge on any atom is -0.391 e. The second kappa shape index (κ2) is 5.53. The molecule has 1 saturated heterocycles. The van der Waals surface area contributed by atoms with Crippen LogP contribution in [0.5, 0.6) is 0 Å². The first-order chi connectivity index (χ1) is 10.5. The van der Waals surface area contributed by atoms with Crippen LogP contribution in [0.1, 0.15) is 34.1 Å². The minimum absolute atomic E-state index is 0.174. The van der Waals surface area contributed by atoms with Gasteiger partial charge in [-0.3, -0.25) is 4.79 Å². The van der Waals surface area contributed by atoms with Crippen LogP contribution in [-0.4, -0.2) is 33.5 Å². The van der Waals surface area contributed by atoms with E-state index in [0.29, 0.717) is 17.5 Å². The number of nitrogens with one attached hydrogen (secondary N) is 1. The highest BCUT2D eigenvalue weighted by Gasteiger charge is 2.36. The Morgan fingerprint density at radius 3 is 2.73 bits per heavy atom. The molecule has 2 N–H and O–H groups in total. The maximum atomic E-state index is 13.4. The van der Waals surface area contributed by atoms with Crippen molar-refractivity contribution in [1.82, 2.24) is 9.88 Å². The summed E-state index contributed by atoms with van der Waals surface area (Å²) >= 11 is 0. The number of carbonyl (C=O) groups excluding carboxylic acids is 1. The first-order valence-electron chi connectivity index (χ1n) is 7.05. The van der Waals surface area contributed by atoms with E-state index in [-0.39, 0.29) is 12.5 Å². The van der Waals surface area contributed by atoms with Crippen LogP contribution in [-0.2, 0) is 0 Å². The van der Waals surface area contributed by atoms with E-state index in [1.165, 1.54) is 11.0 Å². The van der Waals surface area contributed by atoms with Crippen molar-refractivity contribution >= 4 is 5.91 Å². The van der Waals surface area contributed by atoms with Crippen LogP contribution >= 0.6 is 0 Å². The van der Waals surface area contributed by atoms with Crippen LogP contribution < -0.4 is 0 Å². The molecule has 2 unspecified atom stereocenters. The molecule has 4 nitrogen and oxygen atoms in total. The number of likely N-dealkylation sites (tertiary alicyclic amines) is 1. The van der Waals surface area contributed by atoms with Crippen molar-refractivity contribution in [2.45, 2.75) is 25.5 Å². The molecule has 1 aromatic carbocycles. The maximum absolute atomic E-state index is 13.4. The molecule has 2 atom stereocenters. The van der Waals surface area contributed by atoms with E-state index in [1.54, 1.807) is 19.2 Å². The molecule has 0 radical (unpaired) electrons. The number of hydrogen-bond donors (Lipinski definition) is 2. The first-order valence-corrected chi connectivity index (χ1v) is 7.05. The van der Waals surface area contributed by atoms with Gasteiger partial charge >= 0.3 is 0 Å². The Hall–Kier alpha value is -2.21. The summed E-state index contributed by atoms with van der Waals surface area (Å²) in [6.07, 6.45) is 1.29. The molecule has 3 rings (SSSR count). The summed E-state index contributed by atoms with van der Waals surface area (Å²) in [5.74, 6) is -2.12. The molecule has 1 aromatic heterocycles. The smallest absolute Gasteiger partial charge is 0.256 e. The molecule has 0 bridgehead atoms. The zero-order chi connectivity index (χ0) is 15.9. The topological polar surface area (TPSA) is 56.3 Å². The predicted molar refractivity (Wildman–Crippen MR) is 76.3 cm³/mol. The van der Waals surface area contributed by atoms with Gasteiger partial charge in [0.2, 0.25) is 0 Å². The number of H-pyrrole nitrogens is 1. The Labute approximate surface area is 126 Å². The van der Waals surface area contributed by atoms with Gasteiger partial charge in [0.15, 0.2) is 11.6 Å². The number of benzene rings is 1. The highest BCUT2D eigenvalue weighted by Crippen LogP contribution is 2.34. The molecule has 2 aromatic rings. The standard InChI is InChI=1S/C16H16F2N2O2/c1-9-12(4-5-19-9)16(22)20-8-11(21)7-15(20)10-2-3-13(17)14(18)6-10/h2-6,11,15,19,21H,7-8H2,1H3. The fourth-order valence-corrected chi connectivity index (χ4v) is 2.91. The number of amides is 1. The highest BCUT2D eigenvalue weighted by atomic mass is 19.2. The van der Waals surface area contributed by atoms with Crippen LogP contribution in [0.15, 0.2) is 30.5 Å². The molecule has 1 aliphatic rings. The van der Waals surface area contributed by atoms with E-state index in [9.17, 15) is 18.7 Å². The van der Waals surface area contributed by atoms with E-state index in [4.69, 9.17) is 0 Å². The Kier molecular flexibility index (Phi) is 3.70. The summed E-state index contributed by atoms with van der Waals surface area (Å²) < 4.78 is 26.5. The molecule has 1 amide bonds. The number of β-amino-alcohol motifs (C(OH)–C–C–N with tert-alkyl or cyclic N) is 1. The lowest BCUT2D eigenvalue weighted by Gasteiger charge is -2.25. The molecule has 0 aliphatic carbocycles. The molecule has 22 heavy (non-hydrogen) atoms. The molecule has 1 aliphatic heterocycles. The molecule has 2 heterocycles. The average molecular weight is 306 g/mol. The van der Waals surface area contributed by atoms with Gasteiger partial charge in [0.1, 0.15) is 0 Å². The number of hydrogen-bond acceptors (Lipinski definition) is 2. The summed E-state index contributed by atoms with van der Waals surface area (Å²) in [5.41, 5.74) is 1.73. The quantitative estimate of drug-likeness (QED) is 0.896. The van der Waals surface area contributed by atoms with E-state index in [1.807, 2.05) is 0 Å². The number of carbonyl (C=O) groups is 1. The van der Waals surface area contributed by atoms with Crippen molar-refractivity contribution in [2.24, 2.45) is 0 Å². The number of aliphatic hydroxyl groups is 1. The first kappa shape index (κ1) is 14.7. The van der Waals surface area contributed by atoms with Gasteiger partial charge in [-0.1, -0.05) is 6.07 Å². The maximum Gasteiger partial charge on any atom is 0.256 e. The summed E-state index contributed by atoms with van der Waals surface area (Å²) in [4.78, 5) is 17.1. The minimum atomic E-state index is -0.955. The largest absolute Gasteiger partial charge is 0.391 e. The van der Waals surface area contributed by atoms with Crippen LogP contribution in [0.4, 0.5) is 8.78 Å². The van der Waals surface area contributed by atoms with Gasteiger partial charge in [-0.25, -0.2) is 8.78 Å². The summed E-state index contributed by atoms with van der Waals surface area (Å²) in [6.45, 7) is 1.96. The van der Waals surface area contributed by atoms with Crippen molar-refractivity contribution < 1.29 is 18.7 Å². The zero-order valence-corrected chi connectivity index (χ0v) is 12.0. The van der Waals surface area contributed by atoms with Gasteiger partial charge in [-0.05, 0) is 37.1 Å². The van der Waals surface area contributed by atoms with Crippen molar-refractivity contribution in [2.75, 3.05) is 6.54 Å². The lowest BCUT2D eigenvalue weighted by Crippen LogP contribution is -2.32. The third-order valence-corrected chi connectivity index (χ3v) is 4.05. The normalized spacial score (nSPS) is 21.4. The Balaban J connectivity index is 1.94. The summed E-state index contributed by atoms with van der Waals surface area (Å²) in [7, 11) is 0. The number of aromatic nitrogens is 1. The number of nitrogens with zero attached hydrogens (tertiary/aromatic N) is 1. The van der Waals surface area contributed by atoms with Gasteiger partial charge in [0.05, 0.1) is 17.7 Å². The molecule has 0 spiro atoms. The van der Waals surface area contributed by atoms with Crippen molar-refractivity contribution in [3.05, 3.63) is 58.9 Å². The monoisotopic (exact) mass is 306 g/mol. The van der Waals surface area contributed by atoms with Crippen molar-refractivity contribution in [3.63, 3.8) is 0 Å². The third-order valence-electron chi connectivity index (χ3n) is 4.05. The number of aliphatic hydroxyl groups excluding tert-OH is 1. The van der Waals surface area contributed by atoms with Crippen LogP contribution in [0.2, 0.25) is 0 Å². The van der Waals surface area contributed by atoms with Crippen LogP contribution in [0, 0.1) is 18.6 Å². The predicted octanol–water partition coefficient (Wildman–Crippen LogP) is 2.55. The Bertz CT molecular complexity index is 714. The molecule has 1 fully saturated rings. The van der Waals surface area contributed by atoms with Crippen LogP contribution in [0.3, 0.4) is 0 Å². The number of rotatable bonds is 2. The van der Waals surface area contributed by atoms with Crippen molar-refractivity contribution in [3.8, 4) is 0 Å². The second-order valence-corrected chi connectivity index (χ2v) is 5.55. The van der Waals surface area contributed by atoms with E-state index in [2.05, 4.69) is 4.98 Å². The lowest BCUT2D eigenvalue weighted by molar-refractivity contribution is 0.0715. The van der Waals surface area contributed by atoms with E-state index >= 15 is 0 Å². The summed E-state index contributed by atoms with van der Waals surface area (Å²) in [5, 5.41) is 9.90. The molecule has 116 valence electrons. The number of halogens is 2. The SMILES string of the molecule is Cc1[nH]ccc1C(=O)N1CC(O)CC1c1ccc(F)c(F)c1. The Morgan fingerprint density at radius 2 is 2.09 bits per heavy atom. The second-order valence-electron chi connectivity index (χ2n) is 5.55. The van der Waals surface area contributed by atoms with E-state index < -0.39 is 23.8 Å². The van der Waals surface area contributed by atoms with Crippen molar-refractivity contribution in [1.29, 1.82) is 0 Å². The third kappa shape index (κ3) is 2.50. The fourth-order valence-electron chi connectivity index (χ4n) is 2.91. The number of aromatic amines is 1. The fraction of sp³-hybridized carbons (Fsp3) is 0.312. The molecule has 0 saturated carbocycles. The lowest BCUT2D eigenvalue weighted by atomic mass is 10.0. The van der Waals surface area contributed by atoms with Gasteiger partial charge in [-0.2, -0.15) is 0 Å². The average Bonchev–Trinajstić information content (AvgIpc) is 3.07. The molecular formula is C16H16F2N2O2. The van der Waals surface area contributed by atoms with Gasteiger partial charge in [0, 0.05) is 18.4 Å². The summed E-state index contributed by atoms with van der Waals surface area (Å²) in [6, 6.07) is 4.78. The molecule has 6 heteroatoms. The van der Waals surface area contributed by atoms with Crippen LogP contribution in [0.25, 0.3) is 0 Å². The van der Waals surface area contributed by atoms with Gasteiger partial charge < -0.3 is 15.0 Å². The number of aryl methyl sites for hydroxylation is 1.